The fraction of sp³-hybridized carbons (Fsp3) is 0.133. The average molecular weight is 237 g/mol. The number of hydrogen-bond acceptors (Lipinski definition) is 2. The number of benzene rings is 1. The molecule has 0 aliphatic carbocycles. The number of pyridine rings is 1. The van der Waals surface area contributed by atoms with Gasteiger partial charge in [0.2, 0.25) is 0 Å². The Morgan fingerprint density at radius 3 is 2.67 bits per heavy atom. The average Bonchev–Trinajstić information content (AvgIpc) is 2.82. The van der Waals surface area contributed by atoms with Gasteiger partial charge in [0.1, 0.15) is 5.82 Å². The first-order valence-corrected chi connectivity index (χ1v) is 6.05. The van der Waals surface area contributed by atoms with Gasteiger partial charge in [0.15, 0.2) is 0 Å². The second kappa shape index (κ2) is 4.63. The van der Waals surface area contributed by atoms with Crippen LogP contribution in [0, 0.1) is 0 Å². The van der Waals surface area contributed by atoms with Crippen LogP contribution in [0.15, 0.2) is 54.9 Å². The zero-order valence-electron chi connectivity index (χ0n) is 10.1. The van der Waals surface area contributed by atoms with E-state index in [2.05, 4.69) is 41.4 Å². The van der Waals surface area contributed by atoms with Crippen LogP contribution in [-0.4, -0.2) is 9.38 Å². The highest BCUT2D eigenvalue weighted by Gasteiger charge is 2.02. The van der Waals surface area contributed by atoms with Crippen LogP contribution in [0.3, 0.4) is 0 Å². The molecule has 0 bridgehead atoms. The molecule has 2 aromatic heterocycles. The summed E-state index contributed by atoms with van der Waals surface area (Å²) in [5.74, 6) is 0.899. The molecule has 2 heterocycles. The second-order valence-electron chi connectivity index (χ2n) is 4.37. The number of aromatic nitrogens is 2. The minimum Gasteiger partial charge on any atom is -0.324 e. The van der Waals surface area contributed by atoms with Crippen molar-refractivity contribution in [3.8, 4) is 0 Å². The van der Waals surface area contributed by atoms with Crippen LogP contribution in [0.1, 0.15) is 17.0 Å². The number of imidazole rings is 1. The maximum absolute atomic E-state index is 5.64. The van der Waals surface area contributed by atoms with Gasteiger partial charge in [-0.25, -0.2) is 4.98 Å². The van der Waals surface area contributed by atoms with Crippen LogP contribution in [0.5, 0.6) is 0 Å². The van der Waals surface area contributed by atoms with Crippen molar-refractivity contribution in [3.05, 3.63) is 71.8 Å². The molecular formula is C15H15N3. The maximum Gasteiger partial charge on any atom is 0.127 e. The first-order valence-electron chi connectivity index (χ1n) is 6.05. The van der Waals surface area contributed by atoms with Crippen LogP contribution < -0.4 is 5.73 Å². The zero-order chi connectivity index (χ0) is 12.4. The fourth-order valence-corrected chi connectivity index (χ4v) is 2.19. The molecule has 0 unspecified atom stereocenters. The smallest absolute Gasteiger partial charge is 0.127 e. The highest BCUT2D eigenvalue weighted by Crippen LogP contribution is 2.13. The Balaban J connectivity index is 1.94. The Morgan fingerprint density at radius 1 is 1.06 bits per heavy atom. The molecule has 0 aliphatic rings. The van der Waals surface area contributed by atoms with Crippen LogP contribution in [0.25, 0.3) is 5.52 Å². The number of rotatable bonds is 3. The van der Waals surface area contributed by atoms with Gasteiger partial charge < -0.3 is 10.1 Å². The molecule has 3 aromatic rings. The second-order valence-corrected chi connectivity index (χ2v) is 4.37. The first kappa shape index (κ1) is 11.0. The summed E-state index contributed by atoms with van der Waals surface area (Å²) in [6, 6.07) is 14.8. The van der Waals surface area contributed by atoms with Gasteiger partial charge in [-0.2, -0.15) is 0 Å². The van der Waals surface area contributed by atoms with E-state index in [4.69, 9.17) is 5.73 Å². The summed E-state index contributed by atoms with van der Waals surface area (Å²) in [6.07, 6.45) is 4.86. The Bertz CT molecular complexity index is 656. The molecule has 1 aromatic carbocycles. The van der Waals surface area contributed by atoms with Crippen LogP contribution >= 0.6 is 0 Å². The Hall–Kier alpha value is -2.13. The predicted octanol–water partition coefficient (Wildman–Crippen LogP) is 2.38. The molecule has 3 heteroatoms. The third-order valence-electron chi connectivity index (χ3n) is 3.11. The Labute approximate surface area is 106 Å². The van der Waals surface area contributed by atoms with Gasteiger partial charge in [-0.15, -0.1) is 0 Å². The van der Waals surface area contributed by atoms with E-state index < -0.39 is 0 Å². The number of hydrogen-bond donors (Lipinski definition) is 1. The van der Waals surface area contributed by atoms with Crippen LogP contribution in [0.4, 0.5) is 0 Å². The molecule has 0 fully saturated rings. The van der Waals surface area contributed by atoms with Gasteiger partial charge in [0.05, 0.1) is 18.3 Å². The number of nitrogens with two attached hydrogens (primary N) is 1. The van der Waals surface area contributed by atoms with Gasteiger partial charge >= 0.3 is 0 Å². The van der Waals surface area contributed by atoms with E-state index in [1.165, 1.54) is 11.1 Å². The summed E-state index contributed by atoms with van der Waals surface area (Å²) in [5, 5.41) is 0. The topological polar surface area (TPSA) is 43.3 Å². The maximum atomic E-state index is 5.64. The molecule has 0 atom stereocenters. The quantitative estimate of drug-likeness (QED) is 0.760. The highest BCUT2D eigenvalue weighted by molar-refractivity contribution is 5.49. The third kappa shape index (κ3) is 2.00. The molecule has 3 rings (SSSR count). The van der Waals surface area contributed by atoms with Crippen molar-refractivity contribution >= 4 is 5.52 Å². The van der Waals surface area contributed by atoms with Gasteiger partial charge in [0, 0.05) is 6.20 Å². The van der Waals surface area contributed by atoms with E-state index >= 15 is 0 Å². The normalized spacial score (nSPS) is 10.9. The Kier molecular flexibility index (Phi) is 2.82. The van der Waals surface area contributed by atoms with Gasteiger partial charge in [-0.1, -0.05) is 30.3 Å². The van der Waals surface area contributed by atoms with Crippen molar-refractivity contribution in [2.75, 3.05) is 0 Å². The van der Waals surface area contributed by atoms with Gasteiger partial charge in [-0.05, 0) is 29.7 Å². The van der Waals surface area contributed by atoms with E-state index in [1.54, 1.807) is 0 Å². The van der Waals surface area contributed by atoms with Crippen molar-refractivity contribution in [1.82, 2.24) is 9.38 Å². The lowest BCUT2D eigenvalue weighted by Gasteiger charge is -2.04. The van der Waals surface area contributed by atoms with Crippen molar-refractivity contribution in [3.63, 3.8) is 0 Å². The zero-order valence-corrected chi connectivity index (χ0v) is 10.1. The molecule has 90 valence electrons. The number of nitrogens with zero attached hydrogens (tertiary/aromatic N) is 2. The molecule has 18 heavy (non-hydrogen) atoms. The molecule has 3 nitrogen and oxygen atoms in total. The van der Waals surface area contributed by atoms with Crippen LogP contribution in [-0.2, 0) is 13.0 Å². The number of fused-ring (bicyclic) bond motifs is 1. The highest BCUT2D eigenvalue weighted by atomic mass is 15.0. The first-order chi connectivity index (χ1) is 8.86. The van der Waals surface area contributed by atoms with Crippen molar-refractivity contribution < 1.29 is 0 Å². The van der Waals surface area contributed by atoms with E-state index in [0.29, 0.717) is 6.54 Å². The lowest BCUT2D eigenvalue weighted by atomic mass is 10.1. The summed E-state index contributed by atoms with van der Waals surface area (Å²) in [6.45, 7) is 0.464. The van der Waals surface area contributed by atoms with E-state index in [9.17, 15) is 0 Å². The fourth-order valence-electron chi connectivity index (χ4n) is 2.19. The summed E-state index contributed by atoms with van der Waals surface area (Å²) >= 11 is 0. The lowest BCUT2D eigenvalue weighted by Crippen LogP contribution is -2.02. The summed E-state index contributed by atoms with van der Waals surface area (Å²) in [7, 11) is 0. The minimum atomic E-state index is 0.464. The largest absolute Gasteiger partial charge is 0.324 e. The standard InChI is InChI=1S/C15H15N3/c16-10-15-17-11-14-9-13(6-7-18(14)15)8-12-4-2-1-3-5-12/h1-7,9,11H,8,10,16H2. The lowest BCUT2D eigenvalue weighted by molar-refractivity contribution is 0.901. The van der Waals surface area contributed by atoms with Crippen LogP contribution in [0.2, 0.25) is 0 Å². The van der Waals surface area contributed by atoms with Crippen molar-refractivity contribution in [2.24, 2.45) is 5.73 Å². The molecule has 2 N–H and O–H groups in total. The van der Waals surface area contributed by atoms with Gasteiger partial charge in [-0.3, -0.25) is 0 Å². The van der Waals surface area contributed by atoms with E-state index in [-0.39, 0.29) is 0 Å². The molecule has 0 saturated carbocycles. The van der Waals surface area contributed by atoms with E-state index in [1.807, 2.05) is 22.9 Å². The molecule has 0 spiro atoms. The summed E-state index contributed by atoms with van der Waals surface area (Å²) < 4.78 is 2.04. The van der Waals surface area contributed by atoms with E-state index in [0.717, 1.165) is 17.8 Å². The summed E-state index contributed by atoms with van der Waals surface area (Å²) in [4.78, 5) is 4.30. The SMILES string of the molecule is NCc1ncc2cc(Cc3ccccc3)ccn12. The minimum absolute atomic E-state index is 0.464. The third-order valence-corrected chi connectivity index (χ3v) is 3.11. The Morgan fingerprint density at radius 2 is 1.89 bits per heavy atom. The summed E-state index contributed by atoms with van der Waals surface area (Å²) in [5.41, 5.74) is 9.35. The molecule has 0 radical (unpaired) electrons. The molecule has 0 amide bonds. The monoisotopic (exact) mass is 237 g/mol. The predicted molar refractivity (Wildman–Crippen MR) is 72.3 cm³/mol. The molecular weight excluding hydrogens is 222 g/mol. The molecule has 0 aliphatic heterocycles. The van der Waals surface area contributed by atoms with Crippen molar-refractivity contribution in [1.29, 1.82) is 0 Å². The molecule has 0 saturated heterocycles. The van der Waals surface area contributed by atoms with Crippen molar-refractivity contribution in [2.45, 2.75) is 13.0 Å². The van der Waals surface area contributed by atoms with Gasteiger partial charge in [0.25, 0.3) is 0 Å².